The Hall–Kier alpha value is -3.34. The number of aromatic hydroxyl groups is 1. The second-order valence-corrected chi connectivity index (χ2v) is 5.32. The van der Waals surface area contributed by atoms with Crippen LogP contribution in [-0.4, -0.2) is 20.6 Å². The SMILES string of the molecule is C/C(=N/O)c1c(O)cc(-c2ccccc2)n(-c2ccccc2)c1=O. The highest BCUT2D eigenvalue weighted by Crippen LogP contribution is 2.27. The van der Waals surface area contributed by atoms with Gasteiger partial charge in [-0.1, -0.05) is 53.7 Å². The van der Waals surface area contributed by atoms with Crippen LogP contribution in [0, 0.1) is 0 Å². The molecule has 0 aliphatic rings. The van der Waals surface area contributed by atoms with E-state index in [1.807, 2.05) is 48.5 Å². The molecule has 5 nitrogen and oxygen atoms in total. The molecule has 3 rings (SSSR count). The molecule has 0 saturated heterocycles. The largest absolute Gasteiger partial charge is 0.507 e. The van der Waals surface area contributed by atoms with Gasteiger partial charge in [0, 0.05) is 11.8 Å². The third-order valence-electron chi connectivity index (χ3n) is 3.78. The van der Waals surface area contributed by atoms with E-state index in [0.717, 1.165) is 5.56 Å². The summed E-state index contributed by atoms with van der Waals surface area (Å²) in [5.74, 6) is -0.221. The first-order chi connectivity index (χ1) is 11.6. The number of benzene rings is 2. The normalized spacial score (nSPS) is 11.5. The summed E-state index contributed by atoms with van der Waals surface area (Å²) < 4.78 is 1.50. The lowest BCUT2D eigenvalue weighted by Crippen LogP contribution is -2.26. The molecular formula is C19H16N2O3. The fourth-order valence-electron chi connectivity index (χ4n) is 2.64. The number of hydrogen-bond donors (Lipinski definition) is 2. The molecule has 1 heterocycles. The van der Waals surface area contributed by atoms with Gasteiger partial charge in [0.2, 0.25) is 0 Å². The van der Waals surface area contributed by atoms with Crippen molar-refractivity contribution in [2.45, 2.75) is 6.92 Å². The summed E-state index contributed by atoms with van der Waals surface area (Å²) in [5, 5.41) is 22.4. The van der Waals surface area contributed by atoms with Crippen LogP contribution in [0.25, 0.3) is 16.9 Å². The van der Waals surface area contributed by atoms with Crippen LogP contribution in [0.15, 0.2) is 76.7 Å². The van der Waals surface area contributed by atoms with Gasteiger partial charge in [0.05, 0.1) is 11.4 Å². The Bertz CT molecular complexity index is 946. The minimum Gasteiger partial charge on any atom is -0.507 e. The van der Waals surface area contributed by atoms with E-state index in [0.29, 0.717) is 11.4 Å². The van der Waals surface area contributed by atoms with Gasteiger partial charge in [-0.25, -0.2) is 0 Å². The lowest BCUT2D eigenvalue weighted by Gasteiger charge is -2.16. The summed E-state index contributed by atoms with van der Waals surface area (Å²) in [4.78, 5) is 13.0. The minimum absolute atomic E-state index is 0.0268. The van der Waals surface area contributed by atoms with Crippen molar-refractivity contribution in [2.75, 3.05) is 0 Å². The topological polar surface area (TPSA) is 74.8 Å². The minimum atomic E-state index is -0.449. The molecule has 5 heteroatoms. The van der Waals surface area contributed by atoms with Crippen molar-refractivity contribution in [3.63, 3.8) is 0 Å². The molecule has 0 radical (unpaired) electrons. The van der Waals surface area contributed by atoms with Crippen molar-refractivity contribution in [3.05, 3.63) is 82.6 Å². The molecule has 0 spiro atoms. The lowest BCUT2D eigenvalue weighted by atomic mass is 10.1. The number of nitrogens with zero attached hydrogens (tertiary/aromatic N) is 2. The Morgan fingerprint density at radius 3 is 2.17 bits per heavy atom. The zero-order valence-corrected chi connectivity index (χ0v) is 13.0. The van der Waals surface area contributed by atoms with Crippen molar-refractivity contribution in [2.24, 2.45) is 5.16 Å². The Kier molecular flexibility index (Phi) is 4.16. The maximum atomic E-state index is 13.0. The van der Waals surface area contributed by atoms with Gasteiger partial charge in [-0.05, 0) is 24.6 Å². The molecule has 120 valence electrons. The maximum Gasteiger partial charge on any atom is 0.268 e. The first-order valence-corrected chi connectivity index (χ1v) is 7.42. The van der Waals surface area contributed by atoms with Crippen LogP contribution in [0.5, 0.6) is 5.75 Å². The van der Waals surface area contributed by atoms with Gasteiger partial charge in [-0.15, -0.1) is 0 Å². The van der Waals surface area contributed by atoms with E-state index in [9.17, 15) is 9.90 Å². The summed E-state index contributed by atoms with van der Waals surface area (Å²) >= 11 is 0. The van der Waals surface area contributed by atoms with Crippen molar-refractivity contribution in [1.29, 1.82) is 0 Å². The summed E-state index contributed by atoms with van der Waals surface area (Å²) in [6.07, 6.45) is 0. The third kappa shape index (κ3) is 2.67. The molecule has 2 aromatic carbocycles. The summed E-state index contributed by atoms with van der Waals surface area (Å²) in [5.41, 5.74) is 1.59. The lowest BCUT2D eigenvalue weighted by molar-refractivity contribution is 0.318. The highest BCUT2D eigenvalue weighted by molar-refractivity contribution is 6.00. The zero-order valence-electron chi connectivity index (χ0n) is 13.0. The van der Waals surface area contributed by atoms with Crippen LogP contribution >= 0.6 is 0 Å². The number of rotatable bonds is 3. The quantitative estimate of drug-likeness (QED) is 0.441. The van der Waals surface area contributed by atoms with Crippen LogP contribution in [0.4, 0.5) is 0 Å². The number of oxime groups is 1. The van der Waals surface area contributed by atoms with E-state index in [1.54, 1.807) is 12.1 Å². The molecule has 1 aromatic heterocycles. The molecule has 0 atom stereocenters. The molecule has 0 saturated carbocycles. The van der Waals surface area contributed by atoms with Gasteiger partial charge >= 0.3 is 0 Å². The molecule has 0 amide bonds. The Morgan fingerprint density at radius 1 is 1.00 bits per heavy atom. The molecule has 0 aliphatic heterocycles. The maximum absolute atomic E-state index is 13.0. The van der Waals surface area contributed by atoms with E-state index in [4.69, 9.17) is 5.21 Å². The molecule has 3 aromatic rings. The highest BCUT2D eigenvalue weighted by atomic mass is 16.4. The first kappa shape index (κ1) is 15.6. The molecule has 24 heavy (non-hydrogen) atoms. The predicted molar refractivity (Wildman–Crippen MR) is 93.1 cm³/mol. The van der Waals surface area contributed by atoms with E-state index >= 15 is 0 Å². The van der Waals surface area contributed by atoms with Gasteiger partial charge in [0.25, 0.3) is 5.56 Å². The van der Waals surface area contributed by atoms with Crippen LogP contribution in [0.1, 0.15) is 12.5 Å². The van der Waals surface area contributed by atoms with E-state index in [2.05, 4.69) is 5.16 Å². The smallest absolute Gasteiger partial charge is 0.268 e. The molecule has 0 fully saturated rings. The van der Waals surface area contributed by atoms with Gasteiger partial charge in [0.1, 0.15) is 11.3 Å². The first-order valence-electron chi connectivity index (χ1n) is 7.42. The average Bonchev–Trinajstić information content (AvgIpc) is 2.62. The third-order valence-corrected chi connectivity index (χ3v) is 3.78. The predicted octanol–water partition coefficient (Wildman–Crippen LogP) is 3.41. The van der Waals surface area contributed by atoms with Crippen LogP contribution in [0.3, 0.4) is 0 Å². The molecule has 0 unspecified atom stereocenters. The molecule has 0 aliphatic carbocycles. The summed E-state index contributed by atoms with van der Waals surface area (Å²) in [6, 6.07) is 20.0. The highest BCUT2D eigenvalue weighted by Gasteiger charge is 2.19. The van der Waals surface area contributed by atoms with Gasteiger partial charge in [-0.2, -0.15) is 0 Å². The second kappa shape index (κ2) is 6.42. The van der Waals surface area contributed by atoms with E-state index < -0.39 is 5.56 Å². The number of pyridine rings is 1. The zero-order chi connectivity index (χ0) is 17.1. The van der Waals surface area contributed by atoms with Gasteiger partial charge in [0.15, 0.2) is 0 Å². The molecule has 2 N–H and O–H groups in total. The average molecular weight is 320 g/mol. The van der Waals surface area contributed by atoms with Crippen LogP contribution < -0.4 is 5.56 Å². The fraction of sp³-hybridized carbons (Fsp3) is 0.0526. The van der Waals surface area contributed by atoms with Gasteiger partial charge < -0.3 is 10.3 Å². The number of hydrogen-bond acceptors (Lipinski definition) is 4. The molecular weight excluding hydrogens is 304 g/mol. The van der Waals surface area contributed by atoms with E-state index in [-0.39, 0.29) is 17.0 Å². The van der Waals surface area contributed by atoms with Gasteiger partial charge in [-0.3, -0.25) is 9.36 Å². The summed E-state index contributed by atoms with van der Waals surface area (Å²) in [7, 11) is 0. The Labute approximate surface area is 138 Å². The monoisotopic (exact) mass is 320 g/mol. The van der Waals surface area contributed by atoms with Crippen molar-refractivity contribution < 1.29 is 10.3 Å². The number of para-hydroxylation sites is 1. The van der Waals surface area contributed by atoms with Crippen molar-refractivity contribution in [1.82, 2.24) is 4.57 Å². The second-order valence-electron chi connectivity index (χ2n) is 5.32. The molecule has 0 bridgehead atoms. The van der Waals surface area contributed by atoms with Crippen molar-refractivity contribution >= 4 is 5.71 Å². The summed E-state index contributed by atoms with van der Waals surface area (Å²) in [6.45, 7) is 1.47. The van der Waals surface area contributed by atoms with Crippen LogP contribution in [0.2, 0.25) is 0 Å². The van der Waals surface area contributed by atoms with E-state index in [1.165, 1.54) is 17.6 Å². The standard InChI is InChI=1S/C19H16N2O3/c1-13(20-24)18-17(22)12-16(14-8-4-2-5-9-14)21(19(18)23)15-10-6-3-7-11-15/h2-12,22,24H,1H3/b20-13-. The fourth-order valence-corrected chi connectivity index (χ4v) is 2.64. The van der Waals surface area contributed by atoms with Crippen molar-refractivity contribution in [3.8, 4) is 22.7 Å². The number of aromatic nitrogens is 1. The van der Waals surface area contributed by atoms with Crippen LogP contribution in [-0.2, 0) is 0 Å². The Morgan fingerprint density at radius 2 is 1.58 bits per heavy atom. The Balaban J connectivity index is 2.41.